The third-order valence-electron chi connectivity index (χ3n) is 4.95. The summed E-state index contributed by atoms with van der Waals surface area (Å²) in [6, 6.07) is 16.3. The summed E-state index contributed by atoms with van der Waals surface area (Å²) in [5.74, 6) is -1.05. The molecule has 0 aromatic heterocycles. The molecule has 7 nitrogen and oxygen atoms in total. The number of amides is 3. The van der Waals surface area contributed by atoms with Crippen LogP contribution in [0.15, 0.2) is 54.6 Å². The van der Waals surface area contributed by atoms with Crippen molar-refractivity contribution in [3.63, 3.8) is 0 Å². The van der Waals surface area contributed by atoms with E-state index in [9.17, 15) is 14.4 Å². The van der Waals surface area contributed by atoms with Gasteiger partial charge < -0.3 is 20.3 Å². The van der Waals surface area contributed by atoms with Gasteiger partial charge in [0.2, 0.25) is 5.91 Å². The zero-order valence-electron chi connectivity index (χ0n) is 17.4. The molecule has 0 spiro atoms. The first kappa shape index (κ1) is 21.5. The van der Waals surface area contributed by atoms with Crippen LogP contribution in [0.25, 0.3) is 0 Å². The lowest BCUT2D eigenvalue weighted by Crippen LogP contribution is -2.49. The van der Waals surface area contributed by atoms with Crippen molar-refractivity contribution in [1.82, 2.24) is 10.2 Å². The monoisotopic (exact) mass is 409 g/mol. The maximum absolute atomic E-state index is 12.6. The molecule has 1 heterocycles. The van der Waals surface area contributed by atoms with Crippen LogP contribution in [0.4, 0.5) is 5.69 Å². The second-order valence-electron chi connectivity index (χ2n) is 7.50. The molecule has 2 aromatic carbocycles. The molecule has 3 amide bonds. The van der Waals surface area contributed by atoms with E-state index in [1.807, 2.05) is 55.5 Å². The van der Waals surface area contributed by atoms with E-state index in [1.165, 1.54) is 4.90 Å². The molecule has 3 unspecified atom stereocenters. The van der Waals surface area contributed by atoms with Crippen LogP contribution in [0.3, 0.4) is 0 Å². The lowest BCUT2D eigenvalue weighted by molar-refractivity contribution is -0.134. The molecule has 0 bridgehead atoms. The summed E-state index contributed by atoms with van der Waals surface area (Å²) in [5.41, 5.74) is 2.70. The standard InChI is InChI=1S/C23H27N3O4/c1-4-15-11-8-12-17(13-15)24-21(27)19-20(30-19)22(28)25-18(23(29)26(2)3)14-16-9-6-5-7-10-16/h5-13,18-20H,4,14H2,1-3H3,(H,24,27)(H,25,28). The molecular weight excluding hydrogens is 382 g/mol. The molecule has 3 rings (SSSR count). The average Bonchev–Trinajstić information content (AvgIpc) is 3.55. The van der Waals surface area contributed by atoms with Gasteiger partial charge in [-0.1, -0.05) is 49.4 Å². The number of nitrogens with one attached hydrogen (secondary N) is 2. The van der Waals surface area contributed by atoms with Gasteiger partial charge in [-0.25, -0.2) is 0 Å². The van der Waals surface area contributed by atoms with Crippen LogP contribution >= 0.6 is 0 Å². The quantitative estimate of drug-likeness (QED) is 0.650. The number of carbonyl (C=O) groups is 3. The lowest BCUT2D eigenvalue weighted by atomic mass is 10.0. The van der Waals surface area contributed by atoms with Gasteiger partial charge in [0.1, 0.15) is 6.04 Å². The molecule has 2 aromatic rings. The van der Waals surface area contributed by atoms with E-state index in [1.54, 1.807) is 20.2 Å². The smallest absolute Gasteiger partial charge is 0.256 e. The molecule has 1 fully saturated rings. The molecule has 3 atom stereocenters. The largest absolute Gasteiger partial charge is 0.349 e. The molecule has 1 aliphatic rings. The van der Waals surface area contributed by atoms with Gasteiger partial charge in [0.15, 0.2) is 12.2 Å². The Kier molecular flexibility index (Phi) is 6.84. The van der Waals surface area contributed by atoms with Crippen LogP contribution in [-0.4, -0.2) is 55.0 Å². The van der Waals surface area contributed by atoms with E-state index in [4.69, 9.17) is 4.74 Å². The van der Waals surface area contributed by atoms with Crippen LogP contribution in [0.1, 0.15) is 18.1 Å². The first-order valence-electron chi connectivity index (χ1n) is 9.99. The third kappa shape index (κ3) is 5.45. The summed E-state index contributed by atoms with van der Waals surface area (Å²) >= 11 is 0. The number of aryl methyl sites for hydroxylation is 1. The van der Waals surface area contributed by atoms with Crippen molar-refractivity contribution in [2.45, 2.75) is 38.0 Å². The Morgan fingerprint density at radius 3 is 2.30 bits per heavy atom. The minimum Gasteiger partial charge on any atom is -0.349 e. The maximum atomic E-state index is 12.6. The molecule has 0 radical (unpaired) electrons. The van der Waals surface area contributed by atoms with Gasteiger partial charge >= 0.3 is 0 Å². The van der Waals surface area contributed by atoms with Crippen molar-refractivity contribution in [2.24, 2.45) is 0 Å². The van der Waals surface area contributed by atoms with Gasteiger partial charge in [0, 0.05) is 26.2 Å². The third-order valence-corrected chi connectivity index (χ3v) is 4.95. The van der Waals surface area contributed by atoms with Crippen LogP contribution in [0, 0.1) is 0 Å². The molecule has 0 saturated carbocycles. The summed E-state index contributed by atoms with van der Waals surface area (Å²) < 4.78 is 5.31. The van der Waals surface area contributed by atoms with Gasteiger partial charge in [0.25, 0.3) is 11.8 Å². The van der Waals surface area contributed by atoms with Gasteiger partial charge in [0.05, 0.1) is 0 Å². The number of benzene rings is 2. The molecule has 1 aliphatic heterocycles. The van der Waals surface area contributed by atoms with Crippen LogP contribution in [0.2, 0.25) is 0 Å². The Morgan fingerprint density at radius 2 is 1.63 bits per heavy atom. The number of rotatable bonds is 8. The molecule has 30 heavy (non-hydrogen) atoms. The van der Waals surface area contributed by atoms with E-state index in [-0.39, 0.29) is 11.8 Å². The van der Waals surface area contributed by atoms with Crippen molar-refractivity contribution >= 4 is 23.4 Å². The van der Waals surface area contributed by atoms with Crippen molar-refractivity contribution in [1.29, 1.82) is 0 Å². The SMILES string of the molecule is CCc1cccc(NC(=O)C2OC2C(=O)NC(Cc2ccccc2)C(=O)N(C)C)c1. The fourth-order valence-electron chi connectivity index (χ4n) is 3.21. The van der Waals surface area contributed by atoms with Crippen LogP contribution in [0.5, 0.6) is 0 Å². The lowest BCUT2D eigenvalue weighted by Gasteiger charge is -2.21. The highest BCUT2D eigenvalue weighted by atomic mass is 16.6. The number of epoxide rings is 1. The van der Waals surface area contributed by atoms with Gasteiger partial charge in [-0.3, -0.25) is 14.4 Å². The zero-order chi connectivity index (χ0) is 21.7. The maximum Gasteiger partial charge on any atom is 0.256 e. The number of likely N-dealkylation sites (N-methyl/N-ethyl adjacent to an activating group) is 1. The fourth-order valence-corrected chi connectivity index (χ4v) is 3.21. The summed E-state index contributed by atoms with van der Waals surface area (Å²) in [5, 5.41) is 5.52. The Bertz CT molecular complexity index is 914. The van der Waals surface area contributed by atoms with E-state index in [0.717, 1.165) is 17.5 Å². The summed E-state index contributed by atoms with van der Waals surface area (Å²) in [6.07, 6.45) is -0.538. The van der Waals surface area contributed by atoms with Crippen LogP contribution in [-0.2, 0) is 32.0 Å². The second-order valence-corrected chi connectivity index (χ2v) is 7.50. The Balaban J connectivity index is 1.59. The Labute approximate surface area is 176 Å². The molecule has 2 N–H and O–H groups in total. The first-order valence-corrected chi connectivity index (χ1v) is 9.99. The summed E-state index contributed by atoms with van der Waals surface area (Å²) in [4.78, 5) is 39.0. The van der Waals surface area contributed by atoms with Crippen molar-refractivity contribution < 1.29 is 19.1 Å². The second kappa shape index (κ2) is 9.54. The summed E-state index contributed by atoms with van der Waals surface area (Å²) in [6.45, 7) is 2.03. The van der Waals surface area contributed by atoms with Crippen molar-refractivity contribution in [2.75, 3.05) is 19.4 Å². The predicted molar refractivity (Wildman–Crippen MR) is 114 cm³/mol. The predicted octanol–water partition coefficient (Wildman–Crippen LogP) is 1.77. The summed E-state index contributed by atoms with van der Waals surface area (Å²) in [7, 11) is 3.28. The molecule has 0 aliphatic carbocycles. The normalized spacial score (nSPS) is 18.2. The fraction of sp³-hybridized carbons (Fsp3) is 0.348. The van der Waals surface area contributed by atoms with Crippen molar-refractivity contribution in [3.05, 3.63) is 65.7 Å². The number of anilines is 1. The highest BCUT2D eigenvalue weighted by Gasteiger charge is 2.51. The topological polar surface area (TPSA) is 91.0 Å². The van der Waals surface area contributed by atoms with Crippen molar-refractivity contribution in [3.8, 4) is 0 Å². The number of ether oxygens (including phenoxy) is 1. The van der Waals surface area contributed by atoms with Gasteiger partial charge in [-0.15, -0.1) is 0 Å². The van der Waals surface area contributed by atoms with Gasteiger partial charge in [-0.05, 0) is 29.7 Å². The Morgan fingerprint density at radius 1 is 0.967 bits per heavy atom. The molecular formula is C23H27N3O4. The zero-order valence-corrected chi connectivity index (χ0v) is 17.4. The minimum atomic E-state index is -0.896. The number of hydrogen-bond acceptors (Lipinski definition) is 4. The molecule has 158 valence electrons. The van der Waals surface area contributed by atoms with E-state index in [2.05, 4.69) is 10.6 Å². The Hall–Kier alpha value is -3.19. The number of nitrogens with zero attached hydrogens (tertiary/aromatic N) is 1. The molecule has 1 saturated heterocycles. The average molecular weight is 409 g/mol. The van der Waals surface area contributed by atoms with E-state index >= 15 is 0 Å². The minimum absolute atomic E-state index is 0.217. The highest BCUT2D eigenvalue weighted by molar-refractivity contribution is 6.02. The first-order chi connectivity index (χ1) is 14.4. The van der Waals surface area contributed by atoms with Crippen LogP contribution < -0.4 is 10.6 Å². The van der Waals surface area contributed by atoms with E-state index in [0.29, 0.717) is 12.1 Å². The van der Waals surface area contributed by atoms with E-state index < -0.39 is 24.2 Å². The number of carbonyl (C=O) groups excluding carboxylic acids is 3. The molecule has 7 heteroatoms. The number of hydrogen-bond donors (Lipinski definition) is 2. The highest BCUT2D eigenvalue weighted by Crippen LogP contribution is 2.25. The van der Waals surface area contributed by atoms with Gasteiger partial charge in [-0.2, -0.15) is 0 Å².